The van der Waals surface area contributed by atoms with Crippen molar-refractivity contribution in [3.05, 3.63) is 28.0 Å². The first-order valence-electron chi connectivity index (χ1n) is 7.45. The van der Waals surface area contributed by atoms with Crippen LogP contribution in [-0.2, 0) is 11.3 Å². The van der Waals surface area contributed by atoms with E-state index in [0.29, 0.717) is 15.8 Å². The minimum atomic E-state index is 0.198. The van der Waals surface area contributed by atoms with Gasteiger partial charge in [0, 0.05) is 12.6 Å². The number of hydrogen-bond acceptors (Lipinski definition) is 3. The Hall–Kier alpha value is -0.880. The molecule has 0 amide bonds. The third kappa shape index (κ3) is 2.42. The SMILES string of the molecule is S=c1[nH]c2c(Cl)cccc2n1CC1CN2CCCC2CO1. The lowest BCUT2D eigenvalue weighted by Gasteiger charge is -2.35. The lowest BCUT2D eigenvalue weighted by molar-refractivity contribution is -0.0548. The van der Waals surface area contributed by atoms with Crippen LogP contribution in [0.5, 0.6) is 0 Å². The molecule has 21 heavy (non-hydrogen) atoms. The van der Waals surface area contributed by atoms with E-state index in [0.717, 1.165) is 30.7 Å². The number of aromatic amines is 1. The molecule has 2 saturated heterocycles. The van der Waals surface area contributed by atoms with Crippen LogP contribution in [0.3, 0.4) is 0 Å². The zero-order chi connectivity index (χ0) is 14.4. The van der Waals surface area contributed by atoms with Crippen molar-refractivity contribution in [1.82, 2.24) is 14.5 Å². The quantitative estimate of drug-likeness (QED) is 0.861. The number of imidazole rings is 1. The maximum Gasteiger partial charge on any atom is 0.178 e. The second-order valence-corrected chi connectivity index (χ2v) is 6.71. The largest absolute Gasteiger partial charge is 0.373 e. The van der Waals surface area contributed by atoms with Crippen molar-refractivity contribution in [3.8, 4) is 0 Å². The fraction of sp³-hybridized carbons (Fsp3) is 0.533. The molecule has 2 unspecified atom stereocenters. The van der Waals surface area contributed by atoms with Crippen LogP contribution in [0.15, 0.2) is 18.2 Å². The van der Waals surface area contributed by atoms with Gasteiger partial charge in [-0.2, -0.15) is 0 Å². The van der Waals surface area contributed by atoms with Gasteiger partial charge in [-0.05, 0) is 43.7 Å². The third-order valence-electron chi connectivity index (χ3n) is 4.61. The molecule has 2 fully saturated rings. The number of H-pyrrole nitrogens is 1. The van der Waals surface area contributed by atoms with Crippen molar-refractivity contribution in [2.24, 2.45) is 0 Å². The zero-order valence-electron chi connectivity index (χ0n) is 11.7. The van der Waals surface area contributed by atoms with E-state index in [2.05, 4.69) is 20.5 Å². The minimum Gasteiger partial charge on any atom is -0.373 e. The number of aromatic nitrogens is 2. The highest BCUT2D eigenvalue weighted by molar-refractivity contribution is 7.71. The second kappa shape index (κ2) is 5.39. The van der Waals surface area contributed by atoms with Crippen LogP contribution >= 0.6 is 23.8 Å². The number of halogens is 1. The lowest BCUT2D eigenvalue weighted by Crippen LogP contribution is -2.47. The van der Waals surface area contributed by atoms with Gasteiger partial charge in [-0.25, -0.2) is 0 Å². The maximum absolute atomic E-state index is 6.23. The average molecular weight is 324 g/mol. The molecule has 2 aliphatic heterocycles. The molecule has 6 heteroatoms. The van der Waals surface area contributed by atoms with Crippen LogP contribution in [0.25, 0.3) is 11.0 Å². The topological polar surface area (TPSA) is 33.2 Å². The van der Waals surface area contributed by atoms with E-state index in [1.807, 2.05) is 12.1 Å². The van der Waals surface area contributed by atoms with Crippen LogP contribution in [0.4, 0.5) is 0 Å². The summed E-state index contributed by atoms with van der Waals surface area (Å²) in [6.45, 7) is 3.83. The molecule has 0 spiro atoms. The molecule has 0 saturated carbocycles. The highest BCUT2D eigenvalue weighted by atomic mass is 35.5. The molecule has 0 bridgehead atoms. The number of ether oxygens (including phenoxy) is 1. The first-order chi connectivity index (χ1) is 10.2. The van der Waals surface area contributed by atoms with Crippen molar-refractivity contribution >= 4 is 34.9 Å². The van der Waals surface area contributed by atoms with Gasteiger partial charge >= 0.3 is 0 Å². The van der Waals surface area contributed by atoms with Gasteiger partial charge in [0.1, 0.15) is 0 Å². The molecule has 2 atom stereocenters. The number of benzene rings is 1. The summed E-state index contributed by atoms with van der Waals surface area (Å²) in [6, 6.07) is 6.52. The van der Waals surface area contributed by atoms with Gasteiger partial charge in [0.25, 0.3) is 0 Å². The molecule has 1 N–H and O–H groups in total. The maximum atomic E-state index is 6.23. The molecule has 4 nitrogen and oxygen atoms in total. The molecule has 1 aromatic heterocycles. The first-order valence-corrected chi connectivity index (χ1v) is 8.23. The molecule has 0 radical (unpaired) electrons. The second-order valence-electron chi connectivity index (χ2n) is 5.92. The summed E-state index contributed by atoms with van der Waals surface area (Å²) in [7, 11) is 0. The molecule has 2 aromatic rings. The fourth-order valence-electron chi connectivity index (χ4n) is 3.53. The number of hydrogen-bond donors (Lipinski definition) is 1. The Balaban J connectivity index is 1.61. The summed E-state index contributed by atoms with van der Waals surface area (Å²) in [5.41, 5.74) is 1.97. The van der Waals surface area contributed by atoms with Crippen molar-refractivity contribution in [2.45, 2.75) is 31.5 Å². The molecule has 0 aliphatic carbocycles. The Morgan fingerprint density at radius 2 is 2.33 bits per heavy atom. The summed E-state index contributed by atoms with van der Waals surface area (Å²) in [5.74, 6) is 0. The molecular weight excluding hydrogens is 306 g/mol. The van der Waals surface area contributed by atoms with E-state index >= 15 is 0 Å². The van der Waals surface area contributed by atoms with E-state index in [-0.39, 0.29) is 6.10 Å². The van der Waals surface area contributed by atoms with Crippen LogP contribution in [0.1, 0.15) is 12.8 Å². The van der Waals surface area contributed by atoms with Crippen molar-refractivity contribution < 1.29 is 4.74 Å². The molecular formula is C15H18ClN3OS. The van der Waals surface area contributed by atoms with Gasteiger partial charge in [0.05, 0.1) is 35.3 Å². The van der Waals surface area contributed by atoms with Gasteiger partial charge in [-0.3, -0.25) is 4.90 Å². The molecule has 2 aliphatic rings. The van der Waals surface area contributed by atoms with E-state index in [9.17, 15) is 0 Å². The fourth-order valence-corrected chi connectivity index (χ4v) is 4.02. The van der Waals surface area contributed by atoms with Gasteiger partial charge in [-0.1, -0.05) is 17.7 Å². The van der Waals surface area contributed by atoms with Crippen molar-refractivity contribution in [3.63, 3.8) is 0 Å². The highest BCUT2D eigenvalue weighted by Crippen LogP contribution is 2.26. The van der Waals surface area contributed by atoms with Crippen LogP contribution < -0.4 is 0 Å². The summed E-state index contributed by atoms with van der Waals surface area (Å²) < 4.78 is 8.87. The number of para-hydroxylation sites is 1. The van der Waals surface area contributed by atoms with Gasteiger partial charge in [0.15, 0.2) is 4.77 Å². The molecule has 4 rings (SSSR count). The van der Waals surface area contributed by atoms with Gasteiger partial charge in [0.2, 0.25) is 0 Å². The summed E-state index contributed by atoms with van der Waals surface area (Å²) >= 11 is 11.7. The molecule has 3 heterocycles. The number of rotatable bonds is 2. The summed E-state index contributed by atoms with van der Waals surface area (Å²) in [5, 5.41) is 0.710. The van der Waals surface area contributed by atoms with E-state index in [1.165, 1.54) is 19.4 Å². The highest BCUT2D eigenvalue weighted by Gasteiger charge is 2.32. The van der Waals surface area contributed by atoms with Crippen LogP contribution in [0.2, 0.25) is 5.02 Å². The number of morpholine rings is 1. The monoisotopic (exact) mass is 323 g/mol. The standard InChI is InChI=1S/C15H18ClN3OS/c16-12-4-1-5-13-14(12)17-15(21)19(13)8-11-7-18-6-2-3-10(18)9-20-11/h1,4-5,10-11H,2-3,6-9H2,(H,17,21). The normalized spacial score (nSPS) is 26.3. The van der Waals surface area contributed by atoms with E-state index in [4.69, 9.17) is 28.6 Å². The number of fused-ring (bicyclic) bond motifs is 2. The van der Waals surface area contributed by atoms with Crippen molar-refractivity contribution in [1.29, 1.82) is 0 Å². The van der Waals surface area contributed by atoms with Crippen LogP contribution in [-0.4, -0.2) is 46.3 Å². The smallest absolute Gasteiger partial charge is 0.178 e. The predicted molar refractivity (Wildman–Crippen MR) is 86.5 cm³/mol. The summed E-state index contributed by atoms with van der Waals surface area (Å²) in [4.78, 5) is 5.76. The molecule has 112 valence electrons. The Kier molecular flexibility index (Phi) is 3.53. The van der Waals surface area contributed by atoms with E-state index < -0.39 is 0 Å². The predicted octanol–water partition coefficient (Wildman–Crippen LogP) is 3.22. The lowest BCUT2D eigenvalue weighted by atomic mass is 10.2. The Bertz CT molecular complexity index is 725. The number of nitrogens with one attached hydrogen (secondary N) is 1. The molecule has 1 aromatic carbocycles. The van der Waals surface area contributed by atoms with Gasteiger partial charge < -0.3 is 14.3 Å². The van der Waals surface area contributed by atoms with Crippen LogP contribution in [0, 0.1) is 4.77 Å². The van der Waals surface area contributed by atoms with Crippen molar-refractivity contribution in [2.75, 3.05) is 19.7 Å². The Labute approximate surface area is 133 Å². The van der Waals surface area contributed by atoms with Gasteiger partial charge in [-0.15, -0.1) is 0 Å². The minimum absolute atomic E-state index is 0.198. The Morgan fingerprint density at radius 1 is 1.43 bits per heavy atom. The Morgan fingerprint density at radius 3 is 3.24 bits per heavy atom. The third-order valence-corrected chi connectivity index (χ3v) is 5.24. The van der Waals surface area contributed by atoms with E-state index in [1.54, 1.807) is 0 Å². The summed E-state index contributed by atoms with van der Waals surface area (Å²) in [6.07, 6.45) is 2.77. The average Bonchev–Trinajstić information content (AvgIpc) is 3.05. The number of nitrogens with zero attached hydrogens (tertiary/aromatic N) is 2. The first kappa shape index (κ1) is 13.8. The zero-order valence-corrected chi connectivity index (χ0v) is 13.3.